The number of carbonyl (C=O) groups is 3. The zero-order chi connectivity index (χ0) is 18.0. The molecule has 0 aliphatic carbocycles. The van der Waals surface area contributed by atoms with Gasteiger partial charge < -0.3 is 20.1 Å². The van der Waals surface area contributed by atoms with Gasteiger partial charge in [0.15, 0.2) is 6.61 Å². The largest absolute Gasteiger partial charge is 0.482 e. The van der Waals surface area contributed by atoms with Gasteiger partial charge in [0, 0.05) is 12.7 Å². The van der Waals surface area contributed by atoms with Crippen LogP contribution in [0.15, 0.2) is 42.5 Å². The molecule has 0 atom stereocenters. The number of ether oxygens (including phenoxy) is 1. The van der Waals surface area contributed by atoms with E-state index in [-0.39, 0.29) is 30.4 Å². The van der Waals surface area contributed by atoms with Crippen molar-refractivity contribution in [2.75, 3.05) is 23.9 Å². The fourth-order valence-corrected chi connectivity index (χ4v) is 2.61. The van der Waals surface area contributed by atoms with Crippen LogP contribution < -0.4 is 15.0 Å². The normalized spacial score (nSPS) is 13.0. The molecule has 0 saturated carbocycles. The fourth-order valence-electron chi connectivity index (χ4n) is 2.61. The molecule has 0 saturated heterocycles. The minimum Gasteiger partial charge on any atom is -0.482 e. The molecule has 2 amide bonds. The van der Waals surface area contributed by atoms with E-state index in [9.17, 15) is 19.5 Å². The number of nitrogens with one attached hydrogen (secondary N) is 1. The van der Waals surface area contributed by atoms with Crippen LogP contribution in [0.25, 0.3) is 0 Å². The fraction of sp³-hybridized carbons (Fsp3) is 0.167. The maximum absolute atomic E-state index is 12.3. The summed E-state index contributed by atoms with van der Waals surface area (Å²) in [6.45, 7) is -0.0127. The Hall–Kier alpha value is -3.35. The summed E-state index contributed by atoms with van der Waals surface area (Å²) in [5.41, 5.74) is 1.60. The van der Waals surface area contributed by atoms with E-state index in [1.807, 2.05) is 0 Å². The molecule has 0 spiro atoms. The summed E-state index contributed by atoms with van der Waals surface area (Å²) in [5.74, 6) is -1.03. The number of amides is 2. The SMILES string of the molecule is CN1C(=O)COc2ccc(NC(=O)Cc3ccccc3C(=O)O)cc21. The quantitative estimate of drug-likeness (QED) is 0.886. The van der Waals surface area contributed by atoms with Crippen LogP contribution in [0.1, 0.15) is 15.9 Å². The lowest BCUT2D eigenvalue weighted by Gasteiger charge is -2.26. The van der Waals surface area contributed by atoms with Gasteiger partial charge in [0.1, 0.15) is 5.75 Å². The molecule has 0 bridgehead atoms. The number of carboxylic acid groups (broad SMARTS) is 1. The van der Waals surface area contributed by atoms with Crippen LogP contribution in [0.2, 0.25) is 0 Å². The van der Waals surface area contributed by atoms with Crippen molar-refractivity contribution in [2.24, 2.45) is 0 Å². The molecule has 128 valence electrons. The van der Waals surface area contributed by atoms with E-state index >= 15 is 0 Å². The van der Waals surface area contributed by atoms with E-state index in [2.05, 4.69) is 5.32 Å². The molecular weight excluding hydrogens is 324 g/mol. The number of carboxylic acids is 1. The summed E-state index contributed by atoms with van der Waals surface area (Å²) in [4.78, 5) is 36.6. The zero-order valence-electron chi connectivity index (χ0n) is 13.5. The molecule has 2 N–H and O–H groups in total. The Kier molecular flexibility index (Phi) is 4.38. The molecular formula is C18H16N2O5. The van der Waals surface area contributed by atoms with E-state index in [1.54, 1.807) is 43.4 Å². The maximum Gasteiger partial charge on any atom is 0.335 e. The van der Waals surface area contributed by atoms with Crippen molar-refractivity contribution in [2.45, 2.75) is 6.42 Å². The smallest absolute Gasteiger partial charge is 0.335 e. The Morgan fingerprint density at radius 1 is 1.24 bits per heavy atom. The molecule has 7 nitrogen and oxygen atoms in total. The molecule has 1 aliphatic heterocycles. The van der Waals surface area contributed by atoms with Crippen LogP contribution >= 0.6 is 0 Å². The highest BCUT2D eigenvalue weighted by Crippen LogP contribution is 2.33. The van der Waals surface area contributed by atoms with E-state index in [0.717, 1.165) is 0 Å². The number of anilines is 2. The second-order valence-electron chi connectivity index (χ2n) is 5.61. The first-order chi connectivity index (χ1) is 12.0. The lowest BCUT2D eigenvalue weighted by atomic mass is 10.0. The minimum atomic E-state index is -1.07. The molecule has 0 aromatic heterocycles. The summed E-state index contributed by atoms with van der Waals surface area (Å²) < 4.78 is 5.33. The lowest BCUT2D eigenvalue weighted by molar-refractivity contribution is -0.121. The lowest BCUT2D eigenvalue weighted by Crippen LogP contribution is -2.35. The number of benzene rings is 2. The molecule has 2 aromatic carbocycles. The topological polar surface area (TPSA) is 95.9 Å². The highest BCUT2D eigenvalue weighted by Gasteiger charge is 2.22. The monoisotopic (exact) mass is 340 g/mol. The van der Waals surface area contributed by atoms with Crippen molar-refractivity contribution < 1.29 is 24.2 Å². The second-order valence-corrected chi connectivity index (χ2v) is 5.61. The van der Waals surface area contributed by atoms with Crippen molar-refractivity contribution in [1.29, 1.82) is 0 Å². The van der Waals surface area contributed by atoms with E-state index < -0.39 is 5.97 Å². The zero-order valence-corrected chi connectivity index (χ0v) is 13.5. The van der Waals surface area contributed by atoms with Crippen LogP contribution in [0, 0.1) is 0 Å². The van der Waals surface area contributed by atoms with Crippen molar-refractivity contribution in [1.82, 2.24) is 0 Å². The maximum atomic E-state index is 12.3. The van der Waals surface area contributed by atoms with Gasteiger partial charge in [0.25, 0.3) is 5.91 Å². The van der Waals surface area contributed by atoms with Crippen molar-refractivity contribution in [3.63, 3.8) is 0 Å². The number of rotatable bonds is 4. The molecule has 3 rings (SSSR count). The third-order valence-corrected chi connectivity index (χ3v) is 3.93. The van der Waals surface area contributed by atoms with E-state index in [4.69, 9.17) is 4.74 Å². The third kappa shape index (κ3) is 3.45. The highest BCUT2D eigenvalue weighted by molar-refractivity contribution is 6.00. The molecule has 0 unspecified atom stereocenters. The molecule has 7 heteroatoms. The Morgan fingerprint density at radius 2 is 2.00 bits per heavy atom. The summed E-state index contributed by atoms with van der Waals surface area (Å²) in [6, 6.07) is 11.4. The van der Waals surface area contributed by atoms with Crippen molar-refractivity contribution in [3.05, 3.63) is 53.6 Å². The van der Waals surface area contributed by atoms with E-state index in [1.165, 1.54) is 11.0 Å². The van der Waals surface area contributed by atoms with Crippen LogP contribution in [0.4, 0.5) is 11.4 Å². The number of nitrogens with zero attached hydrogens (tertiary/aromatic N) is 1. The number of carbonyl (C=O) groups excluding carboxylic acids is 2. The minimum absolute atomic E-state index is 0.0127. The Labute approximate surface area is 143 Å². The first-order valence-corrected chi connectivity index (χ1v) is 7.60. The summed E-state index contributed by atoms with van der Waals surface area (Å²) >= 11 is 0. The Morgan fingerprint density at radius 3 is 2.76 bits per heavy atom. The van der Waals surface area contributed by atoms with Crippen LogP contribution in [-0.2, 0) is 16.0 Å². The first kappa shape index (κ1) is 16.5. The third-order valence-electron chi connectivity index (χ3n) is 3.93. The molecule has 1 heterocycles. The van der Waals surface area contributed by atoms with Gasteiger partial charge >= 0.3 is 5.97 Å². The van der Waals surface area contributed by atoms with Crippen LogP contribution in [0.3, 0.4) is 0 Å². The van der Waals surface area contributed by atoms with Gasteiger partial charge in [0.05, 0.1) is 17.7 Å². The van der Waals surface area contributed by atoms with Gasteiger partial charge in [-0.1, -0.05) is 18.2 Å². The van der Waals surface area contributed by atoms with Crippen LogP contribution in [-0.4, -0.2) is 36.5 Å². The molecule has 0 radical (unpaired) electrons. The van der Waals surface area contributed by atoms with Gasteiger partial charge in [-0.2, -0.15) is 0 Å². The second kappa shape index (κ2) is 6.64. The number of aromatic carboxylic acids is 1. The Bertz CT molecular complexity index is 862. The summed E-state index contributed by atoms with van der Waals surface area (Å²) in [7, 11) is 1.64. The number of fused-ring (bicyclic) bond motifs is 1. The Balaban J connectivity index is 1.76. The standard InChI is InChI=1S/C18H16N2O5/c1-20-14-9-12(6-7-15(14)25-10-17(20)22)19-16(21)8-11-4-2-3-5-13(11)18(23)24/h2-7,9H,8,10H2,1H3,(H,19,21)(H,23,24). The van der Waals surface area contributed by atoms with Crippen molar-refractivity contribution >= 4 is 29.2 Å². The average molecular weight is 340 g/mol. The molecule has 25 heavy (non-hydrogen) atoms. The average Bonchev–Trinajstić information content (AvgIpc) is 2.59. The number of hydrogen-bond acceptors (Lipinski definition) is 4. The number of hydrogen-bond donors (Lipinski definition) is 2. The predicted octanol–water partition coefficient (Wildman–Crippen LogP) is 1.92. The summed E-state index contributed by atoms with van der Waals surface area (Å²) in [5, 5.41) is 11.9. The van der Waals surface area contributed by atoms with Gasteiger partial charge in [-0.05, 0) is 29.8 Å². The highest BCUT2D eigenvalue weighted by atomic mass is 16.5. The van der Waals surface area contributed by atoms with Gasteiger partial charge in [0.2, 0.25) is 5.91 Å². The van der Waals surface area contributed by atoms with Gasteiger partial charge in [-0.15, -0.1) is 0 Å². The van der Waals surface area contributed by atoms with Crippen molar-refractivity contribution in [3.8, 4) is 5.75 Å². The van der Waals surface area contributed by atoms with Gasteiger partial charge in [-0.3, -0.25) is 9.59 Å². The first-order valence-electron chi connectivity index (χ1n) is 7.60. The van der Waals surface area contributed by atoms with Gasteiger partial charge in [-0.25, -0.2) is 4.79 Å². The predicted molar refractivity (Wildman–Crippen MR) is 91.1 cm³/mol. The molecule has 1 aliphatic rings. The molecule has 0 fully saturated rings. The molecule has 2 aromatic rings. The number of likely N-dealkylation sites (N-methyl/N-ethyl adjacent to an activating group) is 1. The summed E-state index contributed by atoms with van der Waals surface area (Å²) in [6.07, 6.45) is -0.0647. The van der Waals surface area contributed by atoms with E-state index in [0.29, 0.717) is 22.7 Å². The van der Waals surface area contributed by atoms with Crippen LogP contribution in [0.5, 0.6) is 5.75 Å².